The Morgan fingerprint density at radius 2 is 1.67 bits per heavy atom. The molecule has 0 radical (unpaired) electrons. The van der Waals surface area contributed by atoms with Crippen molar-refractivity contribution in [3.63, 3.8) is 0 Å². The molecule has 0 bridgehead atoms. The minimum Gasteiger partial charge on any atom is -0.495 e. The van der Waals surface area contributed by atoms with E-state index in [4.69, 9.17) is 30.5 Å². The summed E-state index contributed by atoms with van der Waals surface area (Å²) >= 11 is 9.99. The summed E-state index contributed by atoms with van der Waals surface area (Å²) in [6.07, 6.45) is 1.40. The molecule has 0 saturated carbocycles. The standard InChI is InChI=1S/C34H29BrClN3O6/c1-4-43-27-15-13-20(18-29(27)44-5-2)34(41)45-26-16-14-22(35)17-21(26)19-37-39-33(40)32-30(23-9-6-7-11-25(23)36)24-10-8-12-28(42-3)31(24)38-32/h6-19,38H,4-5H2,1-3H3,(H,39,40). The molecule has 5 aromatic rings. The number of carbonyl (C=O) groups is 2. The summed E-state index contributed by atoms with van der Waals surface area (Å²) in [5, 5.41) is 5.43. The molecule has 11 heteroatoms. The highest BCUT2D eigenvalue weighted by molar-refractivity contribution is 9.10. The van der Waals surface area contributed by atoms with Gasteiger partial charge in [0.15, 0.2) is 11.5 Å². The van der Waals surface area contributed by atoms with Gasteiger partial charge in [0.05, 0.1) is 37.6 Å². The highest BCUT2D eigenvalue weighted by Gasteiger charge is 2.22. The number of benzene rings is 4. The molecule has 0 aliphatic heterocycles. The molecule has 0 atom stereocenters. The monoisotopic (exact) mass is 689 g/mol. The van der Waals surface area contributed by atoms with E-state index in [0.29, 0.717) is 57.7 Å². The van der Waals surface area contributed by atoms with Crippen LogP contribution in [0.3, 0.4) is 0 Å². The van der Waals surface area contributed by atoms with Gasteiger partial charge in [-0.15, -0.1) is 0 Å². The van der Waals surface area contributed by atoms with Crippen molar-refractivity contribution in [1.82, 2.24) is 10.4 Å². The number of carbonyl (C=O) groups excluding carboxylic acids is 2. The smallest absolute Gasteiger partial charge is 0.343 e. The molecule has 45 heavy (non-hydrogen) atoms. The number of rotatable bonds is 11. The molecular formula is C34H29BrClN3O6. The van der Waals surface area contributed by atoms with Crippen molar-refractivity contribution in [2.45, 2.75) is 13.8 Å². The Kier molecular flexibility index (Phi) is 10.1. The van der Waals surface area contributed by atoms with Gasteiger partial charge in [0, 0.05) is 31.6 Å². The number of aromatic amines is 1. The lowest BCUT2D eigenvalue weighted by molar-refractivity contribution is 0.0733. The number of methoxy groups -OCH3 is 1. The maximum Gasteiger partial charge on any atom is 0.343 e. The molecule has 4 aromatic carbocycles. The number of amides is 1. The van der Waals surface area contributed by atoms with Crippen molar-refractivity contribution in [3.05, 3.63) is 105 Å². The lowest BCUT2D eigenvalue weighted by Crippen LogP contribution is -2.19. The van der Waals surface area contributed by atoms with Gasteiger partial charge >= 0.3 is 5.97 Å². The zero-order chi connectivity index (χ0) is 31.9. The number of fused-ring (bicyclic) bond motifs is 1. The van der Waals surface area contributed by atoms with Gasteiger partial charge in [-0.1, -0.05) is 57.9 Å². The maximum atomic E-state index is 13.5. The van der Waals surface area contributed by atoms with Gasteiger partial charge in [-0.2, -0.15) is 5.10 Å². The van der Waals surface area contributed by atoms with Crippen molar-refractivity contribution in [2.24, 2.45) is 5.10 Å². The van der Waals surface area contributed by atoms with E-state index < -0.39 is 11.9 Å². The van der Waals surface area contributed by atoms with Crippen LogP contribution in [0.25, 0.3) is 22.0 Å². The number of H-pyrrole nitrogens is 1. The van der Waals surface area contributed by atoms with E-state index in [0.717, 1.165) is 9.86 Å². The Morgan fingerprint density at radius 3 is 2.42 bits per heavy atom. The summed E-state index contributed by atoms with van der Waals surface area (Å²) in [4.78, 5) is 29.8. The molecule has 0 spiro atoms. The van der Waals surface area contributed by atoms with Crippen LogP contribution < -0.4 is 24.4 Å². The SMILES string of the molecule is CCOc1ccc(C(=O)Oc2ccc(Br)cc2C=NNC(=O)c2[nH]c3c(OC)cccc3c2-c2ccccc2Cl)cc1OCC. The van der Waals surface area contributed by atoms with Gasteiger partial charge in [-0.3, -0.25) is 4.79 Å². The third-order valence-corrected chi connectivity index (χ3v) is 7.53. The molecule has 0 aliphatic carbocycles. The fourth-order valence-corrected chi connectivity index (χ4v) is 5.35. The second kappa shape index (κ2) is 14.3. The number of nitrogens with one attached hydrogen (secondary N) is 2. The second-order valence-electron chi connectivity index (χ2n) is 9.54. The van der Waals surface area contributed by atoms with Crippen LogP contribution in [-0.2, 0) is 0 Å². The summed E-state index contributed by atoms with van der Waals surface area (Å²) in [6, 6.07) is 22.7. The normalized spacial score (nSPS) is 11.0. The Hall–Kier alpha value is -4.80. The van der Waals surface area contributed by atoms with E-state index >= 15 is 0 Å². The number of hydrazone groups is 1. The van der Waals surface area contributed by atoms with Gasteiger partial charge < -0.3 is 23.9 Å². The molecule has 2 N–H and O–H groups in total. The number of esters is 1. The van der Waals surface area contributed by atoms with Crippen LogP contribution in [0.2, 0.25) is 5.02 Å². The topological polar surface area (TPSA) is 111 Å². The fourth-order valence-electron chi connectivity index (χ4n) is 4.74. The van der Waals surface area contributed by atoms with Crippen molar-refractivity contribution in [3.8, 4) is 34.1 Å². The molecule has 1 aromatic heterocycles. The molecule has 0 aliphatic rings. The first-order valence-electron chi connectivity index (χ1n) is 14.0. The number of hydrogen-bond donors (Lipinski definition) is 2. The molecule has 1 heterocycles. The Balaban J connectivity index is 1.41. The number of para-hydroxylation sites is 1. The number of halogens is 2. The van der Waals surface area contributed by atoms with Crippen LogP contribution in [0, 0.1) is 0 Å². The molecule has 5 rings (SSSR count). The van der Waals surface area contributed by atoms with Crippen LogP contribution in [0.1, 0.15) is 40.3 Å². The van der Waals surface area contributed by atoms with Crippen molar-refractivity contribution < 1.29 is 28.5 Å². The van der Waals surface area contributed by atoms with Crippen LogP contribution in [0.5, 0.6) is 23.0 Å². The van der Waals surface area contributed by atoms with Gasteiger partial charge in [0.2, 0.25) is 0 Å². The van der Waals surface area contributed by atoms with Crippen molar-refractivity contribution in [2.75, 3.05) is 20.3 Å². The predicted octanol–water partition coefficient (Wildman–Crippen LogP) is 8.04. The Labute approximate surface area is 273 Å². The molecule has 230 valence electrons. The van der Waals surface area contributed by atoms with E-state index in [1.807, 2.05) is 44.2 Å². The van der Waals surface area contributed by atoms with Crippen molar-refractivity contribution >= 4 is 56.5 Å². The van der Waals surface area contributed by atoms with E-state index in [2.05, 4.69) is 31.4 Å². The van der Waals surface area contributed by atoms with Gasteiger partial charge in [0.1, 0.15) is 17.2 Å². The first-order chi connectivity index (χ1) is 21.8. The lowest BCUT2D eigenvalue weighted by atomic mass is 10.0. The maximum absolute atomic E-state index is 13.5. The lowest BCUT2D eigenvalue weighted by Gasteiger charge is -2.13. The zero-order valence-corrected chi connectivity index (χ0v) is 27.0. The summed E-state index contributed by atoms with van der Waals surface area (Å²) < 4.78 is 23.2. The molecule has 0 saturated heterocycles. The van der Waals surface area contributed by atoms with Crippen LogP contribution in [0.15, 0.2) is 88.4 Å². The van der Waals surface area contributed by atoms with Crippen LogP contribution in [0.4, 0.5) is 0 Å². The van der Waals surface area contributed by atoms with E-state index in [9.17, 15) is 9.59 Å². The summed E-state index contributed by atoms with van der Waals surface area (Å²) in [5.41, 5.74) is 5.48. The van der Waals surface area contributed by atoms with Gasteiger partial charge in [-0.25, -0.2) is 10.2 Å². The third-order valence-electron chi connectivity index (χ3n) is 6.71. The van der Waals surface area contributed by atoms with E-state index in [-0.39, 0.29) is 17.0 Å². The molecule has 0 fully saturated rings. The predicted molar refractivity (Wildman–Crippen MR) is 178 cm³/mol. The first-order valence-corrected chi connectivity index (χ1v) is 15.2. The number of ether oxygens (including phenoxy) is 4. The van der Waals surface area contributed by atoms with Crippen LogP contribution in [-0.4, -0.2) is 43.4 Å². The van der Waals surface area contributed by atoms with Crippen molar-refractivity contribution in [1.29, 1.82) is 0 Å². The molecule has 1 amide bonds. The minimum atomic E-state index is -0.601. The highest BCUT2D eigenvalue weighted by Crippen LogP contribution is 2.39. The fraction of sp³-hybridized carbons (Fsp3) is 0.147. The molecule has 9 nitrogen and oxygen atoms in total. The van der Waals surface area contributed by atoms with Crippen LogP contribution >= 0.6 is 27.5 Å². The summed E-state index contributed by atoms with van der Waals surface area (Å²) in [5.74, 6) is 0.682. The molecular weight excluding hydrogens is 662 g/mol. The number of aromatic nitrogens is 1. The largest absolute Gasteiger partial charge is 0.495 e. The first kappa shape index (κ1) is 31.6. The zero-order valence-electron chi connectivity index (χ0n) is 24.6. The highest BCUT2D eigenvalue weighted by atomic mass is 79.9. The van der Waals surface area contributed by atoms with E-state index in [1.165, 1.54) is 6.21 Å². The minimum absolute atomic E-state index is 0.236. The second-order valence-corrected chi connectivity index (χ2v) is 10.9. The van der Waals surface area contributed by atoms with E-state index in [1.54, 1.807) is 55.6 Å². The number of nitrogens with zero attached hydrogens (tertiary/aromatic N) is 1. The van der Waals surface area contributed by atoms with Gasteiger partial charge in [0.25, 0.3) is 5.91 Å². The quantitative estimate of drug-likeness (QED) is 0.0628. The van der Waals surface area contributed by atoms with Gasteiger partial charge in [-0.05, 0) is 62.4 Å². The summed E-state index contributed by atoms with van der Waals surface area (Å²) in [6.45, 7) is 4.58. The average Bonchev–Trinajstić information content (AvgIpc) is 3.43. The average molecular weight is 691 g/mol. The number of hydrogen-bond acceptors (Lipinski definition) is 7. The Morgan fingerprint density at radius 1 is 0.911 bits per heavy atom. The Bertz CT molecular complexity index is 1900. The molecule has 0 unspecified atom stereocenters. The summed E-state index contributed by atoms with van der Waals surface area (Å²) in [7, 11) is 1.56. The third kappa shape index (κ3) is 6.97.